The predicted molar refractivity (Wildman–Crippen MR) is 156 cm³/mol. The fraction of sp³-hybridized carbons (Fsp3) is 0.367. The van der Waals surface area contributed by atoms with Crippen LogP contribution in [0.2, 0.25) is 0 Å². The molecule has 2 aliphatic rings. The molecule has 0 radical (unpaired) electrons. The molecule has 3 heterocycles. The highest BCUT2D eigenvalue weighted by molar-refractivity contribution is 5.87. The number of carbonyl (C=O) groups is 1. The summed E-state index contributed by atoms with van der Waals surface area (Å²) < 4.78 is 14.2. The predicted octanol–water partition coefficient (Wildman–Crippen LogP) is 4.38. The zero-order valence-corrected chi connectivity index (χ0v) is 24.2. The number of benzene rings is 2. The third-order valence-electron chi connectivity index (χ3n) is 8.58. The number of ketones is 1. The molecule has 4 atom stereocenters. The van der Waals surface area contributed by atoms with Gasteiger partial charge in [0.05, 0.1) is 37.2 Å². The van der Waals surface area contributed by atoms with Gasteiger partial charge < -0.3 is 14.8 Å². The van der Waals surface area contributed by atoms with Gasteiger partial charge in [0.15, 0.2) is 0 Å². The molecule has 1 N–H and O–H groups in total. The first kappa shape index (κ1) is 29.0. The summed E-state index contributed by atoms with van der Waals surface area (Å²) in [5, 5.41) is 34.4. The molecule has 6 rings (SSSR count). The Morgan fingerprint density at radius 3 is 1.66 bits per heavy atom. The van der Waals surface area contributed by atoms with Gasteiger partial charge in [-0.2, -0.15) is 10.2 Å². The van der Waals surface area contributed by atoms with Gasteiger partial charge in [-0.25, -0.2) is 0 Å². The van der Waals surface area contributed by atoms with Crippen LogP contribution in [0, 0.1) is 32.1 Å². The van der Waals surface area contributed by atoms with Crippen LogP contribution in [0.3, 0.4) is 0 Å². The molecule has 2 fully saturated rings. The molecule has 1 saturated carbocycles. The molecule has 0 spiro atoms. The Morgan fingerprint density at radius 2 is 1.27 bits per heavy atom. The highest BCUT2D eigenvalue weighted by Crippen LogP contribution is 2.46. The van der Waals surface area contributed by atoms with Crippen molar-refractivity contribution < 1.29 is 24.1 Å². The lowest BCUT2D eigenvalue weighted by Gasteiger charge is -2.45. The summed E-state index contributed by atoms with van der Waals surface area (Å²) in [7, 11) is 3.13. The molecule has 1 saturated heterocycles. The van der Waals surface area contributed by atoms with Gasteiger partial charge in [0.2, 0.25) is 0 Å². The van der Waals surface area contributed by atoms with E-state index in [1.165, 1.54) is 34.2 Å². The Morgan fingerprint density at radius 1 is 0.818 bits per heavy atom. The third kappa shape index (κ3) is 5.51. The van der Waals surface area contributed by atoms with E-state index < -0.39 is 9.85 Å². The Labute approximate surface area is 251 Å². The molecule has 14 nitrogen and oxygen atoms in total. The third-order valence-corrected chi connectivity index (χ3v) is 8.58. The first-order chi connectivity index (χ1) is 21.2. The number of nitrogens with zero attached hydrogens (tertiary/aromatic N) is 6. The molecule has 228 valence electrons. The van der Waals surface area contributed by atoms with Gasteiger partial charge in [0.25, 0.3) is 0 Å². The molecule has 14 heteroatoms. The van der Waals surface area contributed by atoms with Gasteiger partial charge in [-0.05, 0) is 48.2 Å². The molecular formula is C30H31N7O7. The fourth-order valence-corrected chi connectivity index (χ4v) is 6.51. The van der Waals surface area contributed by atoms with Crippen molar-refractivity contribution in [1.82, 2.24) is 24.9 Å². The molecule has 44 heavy (non-hydrogen) atoms. The van der Waals surface area contributed by atoms with Crippen molar-refractivity contribution in [3.8, 4) is 11.5 Å². The lowest BCUT2D eigenvalue weighted by atomic mass is 9.67. The number of fused-ring (bicyclic) bond motifs is 2. The number of ether oxygens (including phenoxy) is 2. The number of methoxy groups -OCH3 is 2. The summed E-state index contributed by atoms with van der Waals surface area (Å²) in [5.41, 5.74) is 3.21. The molecule has 2 aromatic carbocycles. The molecule has 4 aromatic rings. The van der Waals surface area contributed by atoms with Crippen LogP contribution in [0.5, 0.6) is 11.5 Å². The second kappa shape index (κ2) is 11.9. The number of piperidine rings is 1. The lowest BCUT2D eigenvalue weighted by Crippen LogP contribution is -2.50. The van der Waals surface area contributed by atoms with Crippen LogP contribution >= 0.6 is 0 Å². The van der Waals surface area contributed by atoms with Gasteiger partial charge in [-0.15, -0.1) is 0 Å². The van der Waals surface area contributed by atoms with E-state index in [4.69, 9.17) is 9.47 Å². The smallest absolute Gasteiger partial charge is 0.307 e. The van der Waals surface area contributed by atoms with Crippen LogP contribution in [0.4, 0.5) is 11.4 Å². The van der Waals surface area contributed by atoms with Crippen molar-refractivity contribution in [2.75, 3.05) is 14.2 Å². The van der Waals surface area contributed by atoms with Crippen LogP contribution in [-0.4, -0.2) is 49.4 Å². The second-order valence-electron chi connectivity index (χ2n) is 11.1. The first-order valence-corrected chi connectivity index (χ1v) is 14.2. The quantitative estimate of drug-likeness (QED) is 0.203. The van der Waals surface area contributed by atoms with Crippen LogP contribution in [0.25, 0.3) is 0 Å². The van der Waals surface area contributed by atoms with E-state index in [0.29, 0.717) is 11.5 Å². The minimum atomic E-state index is -0.488. The molecule has 0 amide bonds. The second-order valence-corrected chi connectivity index (χ2v) is 11.1. The van der Waals surface area contributed by atoms with E-state index in [1.807, 2.05) is 36.4 Å². The van der Waals surface area contributed by atoms with Gasteiger partial charge >= 0.3 is 11.4 Å². The number of rotatable bonds is 10. The number of carbonyl (C=O) groups excluding carboxylic acids is 1. The number of aromatic nitrogens is 4. The van der Waals surface area contributed by atoms with Crippen LogP contribution < -0.4 is 14.8 Å². The minimum Gasteiger partial charge on any atom is -0.496 e. The van der Waals surface area contributed by atoms with Crippen molar-refractivity contribution in [2.24, 2.45) is 11.8 Å². The minimum absolute atomic E-state index is 0.0969. The summed E-state index contributed by atoms with van der Waals surface area (Å²) in [6.07, 6.45) is 7.65. The summed E-state index contributed by atoms with van der Waals surface area (Å²) in [5.74, 6) is 1.07. The van der Waals surface area contributed by atoms with Gasteiger partial charge in [-0.3, -0.25) is 34.4 Å². The Kier molecular flexibility index (Phi) is 7.82. The monoisotopic (exact) mass is 601 g/mol. The van der Waals surface area contributed by atoms with E-state index in [2.05, 4.69) is 15.5 Å². The molecule has 1 aliphatic heterocycles. The Balaban J connectivity index is 1.32. The molecular weight excluding hydrogens is 570 g/mol. The summed E-state index contributed by atoms with van der Waals surface area (Å²) in [6.45, 7) is 0.519. The van der Waals surface area contributed by atoms with Crippen LogP contribution in [0.15, 0.2) is 61.2 Å². The van der Waals surface area contributed by atoms with Gasteiger partial charge in [0.1, 0.15) is 42.1 Å². The Hall–Kier alpha value is -5.11. The van der Waals surface area contributed by atoms with Gasteiger partial charge in [-0.1, -0.05) is 18.6 Å². The standard InChI is InChI=1S/C30H31N7O7/c1-43-26-8-6-18(10-20(26)14-34-16-22(12-31-34)36(39)40)28-24-4-3-5-25(30(24)38)29(33-28)19-7-9-27(44-2)21(11-19)15-35-17-23(13-32-35)37(41)42/h6-13,16-17,24-25,28-29,33H,3-5,14-15H2,1-2H3/t24-,25+,28+,29-. The maximum Gasteiger partial charge on any atom is 0.307 e. The SMILES string of the molecule is COc1ccc([C@H]2N[C@@H](c3ccc(OC)c(Cn4cc([N+](=O)[O-])cn4)c3)[C@H]3CCC[C@@H]2C3=O)cc1Cn1cc([N+](=O)[O-])cn1. The van der Waals surface area contributed by atoms with Crippen LogP contribution in [-0.2, 0) is 17.9 Å². The maximum atomic E-state index is 13.9. The van der Waals surface area contributed by atoms with Gasteiger partial charge in [0, 0.05) is 35.0 Å². The average Bonchev–Trinajstić information content (AvgIpc) is 3.68. The molecule has 1 aliphatic carbocycles. The number of hydrogen-bond donors (Lipinski definition) is 1. The first-order valence-electron chi connectivity index (χ1n) is 14.2. The van der Waals surface area contributed by atoms with Crippen molar-refractivity contribution >= 4 is 17.2 Å². The van der Waals surface area contributed by atoms with E-state index >= 15 is 0 Å². The fourth-order valence-electron chi connectivity index (χ4n) is 6.51. The topological polar surface area (TPSA) is 169 Å². The highest BCUT2D eigenvalue weighted by atomic mass is 16.6. The maximum absolute atomic E-state index is 13.9. The van der Waals surface area contributed by atoms with Crippen LogP contribution in [0.1, 0.15) is 53.6 Å². The zero-order chi connectivity index (χ0) is 31.0. The van der Waals surface area contributed by atoms with Crippen molar-refractivity contribution in [3.05, 3.63) is 104 Å². The lowest BCUT2D eigenvalue weighted by molar-refractivity contribution is -0.385. The van der Waals surface area contributed by atoms with E-state index in [1.54, 1.807) is 14.2 Å². The number of Topliss-reactive ketones (excluding diaryl/α,β-unsaturated/α-hetero) is 1. The molecule has 2 aromatic heterocycles. The summed E-state index contributed by atoms with van der Waals surface area (Å²) >= 11 is 0. The van der Waals surface area contributed by atoms with Crippen molar-refractivity contribution in [3.63, 3.8) is 0 Å². The molecule has 0 unspecified atom stereocenters. The summed E-state index contributed by atoms with van der Waals surface area (Å²) in [4.78, 5) is 35.2. The number of hydrogen-bond acceptors (Lipinski definition) is 10. The number of nitrogens with one attached hydrogen (secondary N) is 1. The molecule has 2 bridgehead atoms. The normalized spacial score (nSPS) is 21.2. The largest absolute Gasteiger partial charge is 0.496 e. The zero-order valence-electron chi connectivity index (χ0n) is 24.2. The Bertz CT molecular complexity index is 1610. The summed E-state index contributed by atoms with van der Waals surface area (Å²) in [6, 6.07) is 11.0. The van der Waals surface area contributed by atoms with Crippen molar-refractivity contribution in [1.29, 1.82) is 0 Å². The van der Waals surface area contributed by atoms with E-state index in [9.17, 15) is 25.0 Å². The van der Waals surface area contributed by atoms with Crippen molar-refractivity contribution in [2.45, 2.75) is 44.4 Å². The number of nitro groups is 2. The van der Waals surface area contributed by atoms with E-state index in [0.717, 1.165) is 41.5 Å². The highest BCUT2D eigenvalue weighted by Gasteiger charge is 2.46. The van der Waals surface area contributed by atoms with E-state index in [-0.39, 0.29) is 54.2 Å². The average molecular weight is 602 g/mol.